The quantitative estimate of drug-likeness (QED) is 0.589. The van der Waals surface area contributed by atoms with Gasteiger partial charge in [-0.05, 0) is 60.9 Å². The van der Waals surface area contributed by atoms with Gasteiger partial charge in [-0.3, -0.25) is 4.79 Å². The van der Waals surface area contributed by atoms with Gasteiger partial charge in [0.25, 0.3) is 0 Å². The van der Waals surface area contributed by atoms with Gasteiger partial charge in [-0.25, -0.2) is 26.7 Å². The highest BCUT2D eigenvalue weighted by atomic mass is 32.2. The molecule has 0 radical (unpaired) electrons. The summed E-state index contributed by atoms with van der Waals surface area (Å²) in [6, 6.07) is 12.5. The molecule has 0 spiro atoms. The highest BCUT2D eigenvalue weighted by molar-refractivity contribution is 7.89. The summed E-state index contributed by atoms with van der Waals surface area (Å²) in [4.78, 5) is 16.1. The van der Waals surface area contributed by atoms with Gasteiger partial charge in [0.1, 0.15) is 22.3 Å². The molecule has 2 heterocycles. The van der Waals surface area contributed by atoms with Crippen molar-refractivity contribution in [2.45, 2.75) is 24.3 Å². The Hall–Kier alpha value is -3.37. The van der Waals surface area contributed by atoms with Crippen LogP contribution in [0.25, 0.3) is 11.1 Å². The molecule has 1 fully saturated rings. The number of hydrogen-bond donors (Lipinski definition) is 1. The van der Waals surface area contributed by atoms with Crippen molar-refractivity contribution in [2.75, 3.05) is 22.9 Å². The van der Waals surface area contributed by atoms with Crippen LogP contribution >= 0.6 is 0 Å². The van der Waals surface area contributed by atoms with E-state index in [1.54, 1.807) is 24.3 Å². The molecule has 1 saturated heterocycles. The first-order chi connectivity index (χ1) is 16.5. The molecule has 3 aromatic rings. The summed E-state index contributed by atoms with van der Waals surface area (Å²) in [5, 5.41) is 5.13. The topological polar surface area (TPSA) is 83.7 Å². The van der Waals surface area contributed by atoms with Crippen LogP contribution in [0.2, 0.25) is 0 Å². The van der Waals surface area contributed by atoms with Gasteiger partial charge in [0.15, 0.2) is 0 Å². The van der Waals surface area contributed by atoms with E-state index in [1.165, 1.54) is 23.1 Å². The van der Waals surface area contributed by atoms with E-state index in [4.69, 9.17) is 5.14 Å². The third kappa shape index (κ3) is 4.06. The molecule has 182 valence electrons. The smallest absolute Gasteiger partial charge is 0.241 e. The SMILES string of the molecule is C[C@H]1Cc2cc(F)c(S(N)(=O)=O)cc2N1C(=O)C1CN(c2ccc(-c3c(F)cccc3F)cc2)C1. The zero-order valence-electron chi connectivity index (χ0n) is 18.7. The number of benzene rings is 3. The van der Waals surface area contributed by atoms with Crippen LogP contribution in [-0.4, -0.2) is 33.5 Å². The monoisotopic (exact) mass is 501 g/mol. The van der Waals surface area contributed by atoms with Crippen molar-refractivity contribution >= 4 is 27.3 Å². The first kappa shape index (κ1) is 23.4. The van der Waals surface area contributed by atoms with E-state index in [-0.39, 0.29) is 23.4 Å². The van der Waals surface area contributed by atoms with E-state index in [0.29, 0.717) is 36.3 Å². The van der Waals surface area contributed by atoms with Gasteiger partial charge in [0.05, 0.1) is 11.5 Å². The Morgan fingerprint density at radius 1 is 0.971 bits per heavy atom. The first-order valence-electron chi connectivity index (χ1n) is 11.0. The van der Waals surface area contributed by atoms with Gasteiger partial charge in [0.2, 0.25) is 15.9 Å². The summed E-state index contributed by atoms with van der Waals surface area (Å²) >= 11 is 0. The average Bonchev–Trinajstić information content (AvgIpc) is 3.06. The largest absolute Gasteiger partial charge is 0.370 e. The van der Waals surface area contributed by atoms with Crippen LogP contribution in [0.5, 0.6) is 0 Å². The number of rotatable bonds is 4. The third-order valence-electron chi connectivity index (χ3n) is 6.61. The fourth-order valence-corrected chi connectivity index (χ4v) is 5.43. The van der Waals surface area contributed by atoms with Crippen LogP contribution in [0, 0.1) is 23.4 Å². The second-order valence-electron chi connectivity index (χ2n) is 8.96. The molecular weight excluding hydrogens is 479 g/mol. The lowest BCUT2D eigenvalue weighted by Crippen LogP contribution is -2.55. The van der Waals surface area contributed by atoms with E-state index < -0.39 is 32.4 Å². The van der Waals surface area contributed by atoms with Crippen LogP contribution < -0.4 is 14.9 Å². The molecule has 2 aliphatic rings. The number of halogens is 3. The Morgan fingerprint density at radius 3 is 2.20 bits per heavy atom. The van der Waals surface area contributed by atoms with Gasteiger partial charge < -0.3 is 9.80 Å². The van der Waals surface area contributed by atoms with Crippen molar-refractivity contribution < 1.29 is 26.4 Å². The Bertz CT molecular complexity index is 1420. The zero-order chi connectivity index (χ0) is 25.1. The van der Waals surface area contributed by atoms with Crippen molar-refractivity contribution in [1.29, 1.82) is 0 Å². The molecule has 0 aromatic heterocycles. The Kier molecular flexibility index (Phi) is 5.60. The van der Waals surface area contributed by atoms with Gasteiger partial charge in [0, 0.05) is 30.5 Å². The molecule has 35 heavy (non-hydrogen) atoms. The van der Waals surface area contributed by atoms with Gasteiger partial charge >= 0.3 is 0 Å². The van der Waals surface area contributed by atoms with Crippen LogP contribution in [0.3, 0.4) is 0 Å². The molecule has 0 bridgehead atoms. The molecule has 0 saturated carbocycles. The van der Waals surface area contributed by atoms with Gasteiger partial charge in [-0.2, -0.15) is 0 Å². The molecule has 0 unspecified atom stereocenters. The number of nitrogens with zero attached hydrogens (tertiary/aromatic N) is 2. The minimum atomic E-state index is -4.28. The summed E-state index contributed by atoms with van der Waals surface area (Å²) in [6.45, 7) is 2.67. The number of nitrogens with two attached hydrogens (primary N) is 1. The van der Waals surface area contributed by atoms with Crippen molar-refractivity contribution in [3.8, 4) is 11.1 Å². The second kappa shape index (κ2) is 8.39. The number of primary sulfonamides is 1. The second-order valence-corrected chi connectivity index (χ2v) is 10.5. The lowest BCUT2D eigenvalue weighted by atomic mass is 9.96. The number of carbonyl (C=O) groups is 1. The Balaban J connectivity index is 1.32. The van der Waals surface area contributed by atoms with Gasteiger partial charge in [-0.1, -0.05) is 18.2 Å². The molecule has 2 aliphatic heterocycles. The summed E-state index contributed by atoms with van der Waals surface area (Å²) in [5.41, 5.74) is 2.05. The van der Waals surface area contributed by atoms with Crippen molar-refractivity contribution in [1.82, 2.24) is 0 Å². The summed E-state index contributed by atoms with van der Waals surface area (Å²) in [6.07, 6.45) is 0.410. The summed E-state index contributed by atoms with van der Waals surface area (Å²) in [7, 11) is -4.28. The number of fused-ring (bicyclic) bond motifs is 1. The van der Waals surface area contributed by atoms with Crippen molar-refractivity contribution in [2.24, 2.45) is 11.1 Å². The predicted octanol–water partition coefficient (Wildman–Crippen LogP) is 3.83. The molecule has 6 nitrogen and oxygen atoms in total. The number of hydrogen-bond acceptors (Lipinski definition) is 4. The lowest BCUT2D eigenvalue weighted by molar-refractivity contribution is -0.123. The first-order valence-corrected chi connectivity index (χ1v) is 12.6. The fraction of sp³-hybridized carbons (Fsp3) is 0.240. The summed E-state index contributed by atoms with van der Waals surface area (Å²) in [5.74, 6) is -2.73. The minimum absolute atomic E-state index is 0.0901. The van der Waals surface area contributed by atoms with Crippen LogP contribution in [0.4, 0.5) is 24.5 Å². The van der Waals surface area contributed by atoms with Crippen molar-refractivity contribution in [3.63, 3.8) is 0 Å². The van der Waals surface area contributed by atoms with E-state index in [1.807, 2.05) is 11.8 Å². The van der Waals surface area contributed by atoms with Crippen molar-refractivity contribution in [3.05, 3.63) is 77.6 Å². The fourth-order valence-electron chi connectivity index (χ4n) is 4.83. The highest BCUT2D eigenvalue weighted by Gasteiger charge is 2.41. The normalized spacial score (nSPS) is 17.9. The third-order valence-corrected chi connectivity index (χ3v) is 7.53. The number of amides is 1. The van der Waals surface area contributed by atoms with E-state index in [2.05, 4.69) is 0 Å². The highest BCUT2D eigenvalue weighted by Crippen LogP contribution is 2.38. The molecular formula is C25H22F3N3O3S. The maximum Gasteiger partial charge on any atom is 0.241 e. The van der Waals surface area contributed by atoms with Crippen LogP contribution in [0.1, 0.15) is 12.5 Å². The standard InChI is InChI=1S/C25H22F3N3O3S/c1-14-9-16-10-21(28)23(35(29,33)34)11-22(16)31(14)25(32)17-12-30(13-17)18-7-5-15(6-8-18)24-19(26)3-2-4-20(24)27/h2-8,10-11,14,17H,9,12-13H2,1H3,(H2,29,33,34)/t14-/m0/s1. The van der Waals surface area contributed by atoms with Crippen LogP contribution in [-0.2, 0) is 21.2 Å². The zero-order valence-corrected chi connectivity index (χ0v) is 19.5. The minimum Gasteiger partial charge on any atom is -0.370 e. The van der Waals surface area contributed by atoms with E-state index in [9.17, 15) is 26.4 Å². The lowest BCUT2D eigenvalue weighted by Gasteiger charge is -2.42. The molecule has 2 N–H and O–H groups in total. The van der Waals surface area contributed by atoms with E-state index in [0.717, 1.165) is 17.8 Å². The number of carbonyl (C=O) groups excluding carboxylic acids is 1. The maximum absolute atomic E-state index is 14.2. The summed E-state index contributed by atoms with van der Waals surface area (Å²) < 4.78 is 65.9. The molecule has 1 amide bonds. The van der Waals surface area contributed by atoms with E-state index >= 15 is 0 Å². The van der Waals surface area contributed by atoms with Crippen LogP contribution in [0.15, 0.2) is 59.5 Å². The predicted molar refractivity (Wildman–Crippen MR) is 126 cm³/mol. The molecule has 3 aromatic carbocycles. The molecule has 5 rings (SSSR count). The van der Waals surface area contributed by atoms with Gasteiger partial charge in [-0.15, -0.1) is 0 Å². The molecule has 1 atom stereocenters. The molecule has 0 aliphatic carbocycles. The number of anilines is 2. The Morgan fingerprint density at radius 2 is 1.60 bits per heavy atom. The molecule has 10 heteroatoms. The number of sulfonamides is 1. The average molecular weight is 502 g/mol. The Labute approximate surface area is 200 Å². The maximum atomic E-state index is 14.2.